The van der Waals surface area contributed by atoms with Crippen molar-refractivity contribution in [2.24, 2.45) is 0 Å². The molecule has 90 valence electrons. The Bertz CT molecular complexity index is 477. The Morgan fingerprint density at radius 2 is 2.24 bits per heavy atom. The summed E-state index contributed by atoms with van der Waals surface area (Å²) >= 11 is 6.25. The van der Waals surface area contributed by atoms with Crippen LogP contribution in [-0.4, -0.2) is 15.8 Å². The molecule has 0 unspecified atom stereocenters. The highest BCUT2D eigenvalue weighted by Crippen LogP contribution is 2.21. The Balaban J connectivity index is 2.17. The minimum absolute atomic E-state index is 0.472. The van der Waals surface area contributed by atoms with Gasteiger partial charge >= 0.3 is 0 Å². The fourth-order valence-electron chi connectivity index (χ4n) is 1.58. The van der Waals surface area contributed by atoms with Gasteiger partial charge in [0.15, 0.2) is 0 Å². The van der Waals surface area contributed by atoms with Crippen LogP contribution in [0.4, 0.5) is 0 Å². The molecule has 0 aliphatic rings. The first kappa shape index (κ1) is 12.1. The Kier molecular flexibility index (Phi) is 3.82. The van der Waals surface area contributed by atoms with E-state index in [4.69, 9.17) is 11.6 Å². The number of halogens is 1. The van der Waals surface area contributed by atoms with Gasteiger partial charge in [-0.3, -0.25) is 0 Å². The molecule has 4 heteroatoms. The number of hydrogen-bond donors (Lipinski definition) is 1. The summed E-state index contributed by atoms with van der Waals surface area (Å²) < 4.78 is 1.77. The number of nitrogens with zero attached hydrogens (tertiary/aromatic N) is 2. The topological polar surface area (TPSA) is 29.9 Å². The van der Waals surface area contributed by atoms with Gasteiger partial charge in [0, 0.05) is 25.0 Å². The van der Waals surface area contributed by atoms with Gasteiger partial charge in [0.2, 0.25) is 0 Å². The number of nitrogens with one attached hydrogen (secondary N) is 1. The third-order valence-electron chi connectivity index (χ3n) is 2.48. The molecule has 0 atom stereocenters. The van der Waals surface area contributed by atoms with E-state index < -0.39 is 0 Å². The summed E-state index contributed by atoms with van der Waals surface area (Å²) in [6, 6.07) is 8.39. The first-order valence-electron chi connectivity index (χ1n) is 5.68. The Hall–Kier alpha value is -1.32. The Morgan fingerprint density at radius 1 is 1.41 bits per heavy atom. The standard InChI is InChI=1S/C13H16ClN3/c1-10(2)15-9-11-4-5-13(12(14)8-11)17-7-3-6-16-17/h3-8,10,15H,9H2,1-2H3. The van der Waals surface area contributed by atoms with Crippen LogP contribution in [0.25, 0.3) is 5.69 Å². The zero-order chi connectivity index (χ0) is 12.3. The summed E-state index contributed by atoms with van der Waals surface area (Å²) in [6.45, 7) is 5.08. The molecule has 0 saturated heterocycles. The summed E-state index contributed by atoms with van der Waals surface area (Å²) in [6.07, 6.45) is 3.62. The maximum absolute atomic E-state index is 6.25. The molecule has 2 aromatic rings. The summed E-state index contributed by atoms with van der Waals surface area (Å²) in [7, 11) is 0. The van der Waals surface area contributed by atoms with Crippen LogP contribution in [-0.2, 0) is 6.54 Å². The zero-order valence-corrected chi connectivity index (χ0v) is 10.8. The van der Waals surface area contributed by atoms with Crippen LogP contribution < -0.4 is 5.32 Å². The lowest BCUT2D eigenvalue weighted by Gasteiger charge is -2.10. The average Bonchev–Trinajstić information content (AvgIpc) is 2.79. The highest BCUT2D eigenvalue weighted by Gasteiger charge is 2.04. The van der Waals surface area contributed by atoms with Crippen LogP contribution in [0, 0.1) is 0 Å². The maximum atomic E-state index is 6.25. The normalized spacial score (nSPS) is 11.1. The lowest BCUT2D eigenvalue weighted by molar-refractivity contribution is 0.589. The van der Waals surface area contributed by atoms with Gasteiger partial charge in [0.05, 0.1) is 10.7 Å². The monoisotopic (exact) mass is 249 g/mol. The summed E-state index contributed by atoms with van der Waals surface area (Å²) in [5.74, 6) is 0. The molecule has 1 aromatic heterocycles. The highest BCUT2D eigenvalue weighted by molar-refractivity contribution is 6.32. The van der Waals surface area contributed by atoms with Crippen LogP contribution in [0.1, 0.15) is 19.4 Å². The van der Waals surface area contributed by atoms with Crippen molar-refractivity contribution in [1.29, 1.82) is 0 Å². The summed E-state index contributed by atoms with van der Waals surface area (Å²) in [4.78, 5) is 0. The predicted molar refractivity (Wildman–Crippen MR) is 70.5 cm³/mol. The van der Waals surface area contributed by atoms with E-state index in [0.29, 0.717) is 6.04 Å². The molecule has 17 heavy (non-hydrogen) atoms. The largest absolute Gasteiger partial charge is 0.310 e. The van der Waals surface area contributed by atoms with E-state index >= 15 is 0 Å². The second-order valence-electron chi connectivity index (χ2n) is 4.27. The number of aromatic nitrogens is 2. The molecular weight excluding hydrogens is 234 g/mol. The lowest BCUT2D eigenvalue weighted by atomic mass is 10.2. The van der Waals surface area contributed by atoms with Gasteiger partial charge in [-0.1, -0.05) is 31.5 Å². The van der Waals surface area contributed by atoms with Crippen molar-refractivity contribution in [3.8, 4) is 5.69 Å². The smallest absolute Gasteiger partial charge is 0.0831 e. The number of hydrogen-bond acceptors (Lipinski definition) is 2. The molecule has 1 heterocycles. The van der Waals surface area contributed by atoms with E-state index in [1.165, 1.54) is 5.56 Å². The van der Waals surface area contributed by atoms with Gasteiger partial charge in [-0.15, -0.1) is 0 Å². The van der Waals surface area contributed by atoms with Crippen LogP contribution in [0.5, 0.6) is 0 Å². The SMILES string of the molecule is CC(C)NCc1ccc(-n2cccn2)c(Cl)c1. The van der Waals surface area contributed by atoms with Crippen molar-refractivity contribution in [2.45, 2.75) is 26.4 Å². The maximum Gasteiger partial charge on any atom is 0.0831 e. The van der Waals surface area contributed by atoms with E-state index in [2.05, 4.69) is 30.3 Å². The highest BCUT2D eigenvalue weighted by atomic mass is 35.5. The van der Waals surface area contributed by atoms with Crippen molar-refractivity contribution >= 4 is 11.6 Å². The van der Waals surface area contributed by atoms with Crippen LogP contribution in [0.3, 0.4) is 0 Å². The molecule has 0 radical (unpaired) electrons. The second kappa shape index (κ2) is 5.34. The van der Waals surface area contributed by atoms with Gasteiger partial charge in [-0.05, 0) is 23.8 Å². The fraction of sp³-hybridized carbons (Fsp3) is 0.308. The minimum Gasteiger partial charge on any atom is -0.310 e. The summed E-state index contributed by atoms with van der Waals surface area (Å²) in [5.41, 5.74) is 2.09. The predicted octanol–water partition coefficient (Wildman–Crippen LogP) is 3.02. The average molecular weight is 250 g/mol. The van der Waals surface area contributed by atoms with E-state index in [-0.39, 0.29) is 0 Å². The van der Waals surface area contributed by atoms with E-state index in [1.807, 2.05) is 24.4 Å². The molecule has 1 aromatic carbocycles. The van der Waals surface area contributed by atoms with Gasteiger partial charge in [0.1, 0.15) is 0 Å². The van der Waals surface area contributed by atoms with Crippen molar-refractivity contribution in [1.82, 2.24) is 15.1 Å². The van der Waals surface area contributed by atoms with Gasteiger partial charge in [-0.2, -0.15) is 5.10 Å². The van der Waals surface area contributed by atoms with Gasteiger partial charge < -0.3 is 5.32 Å². The second-order valence-corrected chi connectivity index (χ2v) is 4.68. The van der Waals surface area contributed by atoms with Crippen LogP contribution in [0.2, 0.25) is 5.02 Å². The molecule has 0 bridgehead atoms. The van der Waals surface area contributed by atoms with E-state index in [9.17, 15) is 0 Å². The zero-order valence-electron chi connectivity index (χ0n) is 10.0. The van der Waals surface area contributed by atoms with Crippen molar-refractivity contribution < 1.29 is 0 Å². The molecule has 0 aliphatic heterocycles. The molecule has 0 saturated carbocycles. The molecule has 2 rings (SSSR count). The third-order valence-corrected chi connectivity index (χ3v) is 2.78. The number of benzene rings is 1. The quantitative estimate of drug-likeness (QED) is 0.903. The third kappa shape index (κ3) is 3.08. The minimum atomic E-state index is 0.472. The number of rotatable bonds is 4. The van der Waals surface area contributed by atoms with Crippen molar-refractivity contribution in [2.75, 3.05) is 0 Å². The fourth-order valence-corrected chi connectivity index (χ4v) is 1.87. The van der Waals surface area contributed by atoms with E-state index in [1.54, 1.807) is 10.9 Å². The molecule has 3 nitrogen and oxygen atoms in total. The molecule has 0 aliphatic carbocycles. The van der Waals surface area contributed by atoms with Crippen LogP contribution >= 0.6 is 11.6 Å². The molecule has 0 fully saturated rings. The molecule has 0 amide bonds. The first-order valence-corrected chi connectivity index (χ1v) is 6.06. The molecule has 1 N–H and O–H groups in total. The van der Waals surface area contributed by atoms with E-state index in [0.717, 1.165) is 17.3 Å². The Morgan fingerprint density at radius 3 is 2.82 bits per heavy atom. The van der Waals surface area contributed by atoms with Gasteiger partial charge in [0.25, 0.3) is 0 Å². The van der Waals surface area contributed by atoms with Crippen molar-refractivity contribution in [3.05, 3.63) is 47.2 Å². The summed E-state index contributed by atoms with van der Waals surface area (Å²) in [5, 5.41) is 8.25. The first-order chi connectivity index (χ1) is 8.16. The molecule has 0 spiro atoms. The molecular formula is C13H16ClN3. The van der Waals surface area contributed by atoms with Crippen molar-refractivity contribution in [3.63, 3.8) is 0 Å². The Labute approximate surface area is 106 Å². The van der Waals surface area contributed by atoms with Crippen LogP contribution in [0.15, 0.2) is 36.7 Å². The van der Waals surface area contributed by atoms with Gasteiger partial charge in [-0.25, -0.2) is 4.68 Å². The lowest BCUT2D eigenvalue weighted by Crippen LogP contribution is -2.21.